The Bertz CT molecular complexity index is 441. The molecule has 2 rings (SSSR count). The van der Waals surface area contributed by atoms with Gasteiger partial charge >= 0.3 is 0 Å². The van der Waals surface area contributed by atoms with Crippen molar-refractivity contribution in [2.75, 3.05) is 19.7 Å². The van der Waals surface area contributed by atoms with Crippen molar-refractivity contribution in [3.63, 3.8) is 0 Å². The molecule has 0 aliphatic carbocycles. The maximum Gasteiger partial charge on any atom is 0.119 e. The van der Waals surface area contributed by atoms with Crippen molar-refractivity contribution in [1.29, 1.82) is 0 Å². The van der Waals surface area contributed by atoms with Crippen molar-refractivity contribution in [3.05, 3.63) is 51.7 Å². The third kappa shape index (κ3) is 4.69. The monoisotopic (exact) mass is 281 g/mol. The molecule has 0 saturated heterocycles. The van der Waals surface area contributed by atoms with E-state index in [1.54, 1.807) is 11.3 Å². The molecule has 1 N–H and O–H groups in total. The molecule has 0 atom stereocenters. The maximum absolute atomic E-state index is 5.80. The van der Waals surface area contributed by atoms with Gasteiger partial charge in [-0.2, -0.15) is 0 Å². The van der Waals surface area contributed by atoms with Crippen LogP contribution < -0.4 is 10.1 Å². The summed E-state index contributed by atoms with van der Waals surface area (Å²) in [6, 6.07) is 11.7. The van der Waals surface area contributed by atoms with E-state index < -0.39 is 0 Å². The topological polar surface area (TPSA) is 21.3 Å². The zero-order valence-electron chi connectivity index (χ0n) is 10.1. The molecule has 0 aliphatic heterocycles. The van der Waals surface area contributed by atoms with Crippen LogP contribution in [0.1, 0.15) is 4.88 Å². The molecule has 0 aliphatic rings. The fourth-order valence-electron chi connectivity index (χ4n) is 1.56. The van der Waals surface area contributed by atoms with Gasteiger partial charge in [-0.1, -0.05) is 17.7 Å². The van der Waals surface area contributed by atoms with Gasteiger partial charge in [-0.25, -0.2) is 0 Å². The lowest BCUT2D eigenvalue weighted by molar-refractivity contribution is 0.314. The number of hydrogen-bond donors (Lipinski definition) is 1. The molecule has 0 radical (unpaired) electrons. The number of benzene rings is 1. The first-order chi connectivity index (χ1) is 8.84. The SMILES string of the molecule is Clc1ccc(OCCNCCc2cccs2)cc1. The van der Waals surface area contributed by atoms with Gasteiger partial charge in [-0.15, -0.1) is 11.3 Å². The Morgan fingerprint density at radius 1 is 1.11 bits per heavy atom. The molecule has 0 saturated carbocycles. The van der Waals surface area contributed by atoms with E-state index in [1.165, 1.54) is 4.88 Å². The number of hydrogen-bond acceptors (Lipinski definition) is 3. The van der Waals surface area contributed by atoms with Crippen LogP contribution in [-0.2, 0) is 6.42 Å². The van der Waals surface area contributed by atoms with Gasteiger partial charge in [0.1, 0.15) is 12.4 Å². The summed E-state index contributed by atoms with van der Waals surface area (Å²) in [6.07, 6.45) is 1.08. The minimum atomic E-state index is 0.673. The Morgan fingerprint density at radius 3 is 2.67 bits per heavy atom. The van der Waals surface area contributed by atoms with E-state index in [0.717, 1.165) is 30.3 Å². The highest BCUT2D eigenvalue weighted by Crippen LogP contribution is 2.15. The first-order valence-corrected chi connectivity index (χ1v) is 7.22. The van der Waals surface area contributed by atoms with Crippen LogP contribution in [0.25, 0.3) is 0 Å². The van der Waals surface area contributed by atoms with Crippen LogP contribution in [0.4, 0.5) is 0 Å². The van der Waals surface area contributed by atoms with Crippen molar-refractivity contribution in [2.24, 2.45) is 0 Å². The molecule has 4 heteroatoms. The second-order valence-corrected chi connectivity index (χ2v) is 5.35. The van der Waals surface area contributed by atoms with Gasteiger partial charge in [-0.05, 0) is 42.1 Å². The Balaban J connectivity index is 1.55. The summed E-state index contributed by atoms with van der Waals surface area (Å²) in [5.74, 6) is 0.861. The first-order valence-electron chi connectivity index (χ1n) is 5.96. The van der Waals surface area contributed by atoms with Crippen LogP contribution in [-0.4, -0.2) is 19.7 Å². The van der Waals surface area contributed by atoms with E-state index >= 15 is 0 Å². The van der Waals surface area contributed by atoms with Crippen molar-refractivity contribution in [1.82, 2.24) is 5.32 Å². The van der Waals surface area contributed by atoms with Gasteiger partial charge in [0.25, 0.3) is 0 Å². The molecular formula is C14H16ClNOS. The van der Waals surface area contributed by atoms with Gasteiger partial charge < -0.3 is 10.1 Å². The van der Waals surface area contributed by atoms with Gasteiger partial charge in [0.2, 0.25) is 0 Å². The Labute approximate surface area is 117 Å². The summed E-state index contributed by atoms with van der Waals surface area (Å²) in [4.78, 5) is 1.42. The number of rotatable bonds is 7. The van der Waals surface area contributed by atoms with E-state index in [9.17, 15) is 0 Å². The molecule has 1 aromatic carbocycles. The molecule has 0 bridgehead atoms. The standard InChI is InChI=1S/C14H16ClNOS/c15-12-3-5-13(6-4-12)17-10-9-16-8-7-14-2-1-11-18-14/h1-6,11,16H,7-10H2. The summed E-state index contributed by atoms with van der Waals surface area (Å²) in [5, 5.41) is 6.20. The van der Waals surface area contributed by atoms with Crippen LogP contribution >= 0.6 is 22.9 Å². The molecule has 2 nitrogen and oxygen atoms in total. The maximum atomic E-state index is 5.80. The van der Waals surface area contributed by atoms with Crippen LogP contribution in [0.15, 0.2) is 41.8 Å². The Morgan fingerprint density at radius 2 is 1.94 bits per heavy atom. The Hall–Kier alpha value is -1.03. The van der Waals surface area contributed by atoms with Crippen molar-refractivity contribution < 1.29 is 4.74 Å². The highest BCUT2D eigenvalue weighted by Gasteiger charge is 1.95. The van der Waals surface area contributed by atoms with Crippen molar-refractivity contribution >= 4 is 22.9 Å². The smallest absolute Gasteiger partial charge is 0.119 e. The lowest BCUT2D eigenvalue weighted by Crippen LogP contribution is -2.23. The number of nitrogens with one attached hydrogen (secondary N) is 1. The molecule has 1 heterocycles. The average Bonchev–Trinajstić information content (AvgIpc) is 2.89. The van der Waals surface area contributed by atoms with Gasteiger partial charge in [0, 0.05) is 23.0 Å². The van der Waals surface area contributed by atoms with Crippen LogP contribution in [0.5, 0.6) is 5.75 Å². The highest BCUT2D eigenvalue weighted by molar-refractivity contribution is 7.09. The summed E-state index contributed by atoms with van der Waals surface area (Å²) < 4.78 is 5.58. The zero-order chi connectivity index (χ0) is 12.6. The summed E-state index contributed by atoms with van der Waals surface area (Å²) in [7, 11) is 0. The summed E-state index contributed by atoms with van der Waals surface area (Å²) in [6.45, 7) is 2.52. The van der Waals surface area contributed by atoms with Crippen molar-refractivity contribution in [3.8, 4) is 5.75 Å². The number of thiophene rings is 1. The average molecular weight is 282 g/mol. The van der Waals surface area contributed by atoms with E-state index in [-0.39, 0.29) is 0 Å². The minimum absolute atomic E-state index is 0.673. The molecule has 2 aromatic rings. The quantitative estimate of drug-likeness (QED) is 0.783. The molecule has 0 spiro atoms. The lowest BCUT2D eigenvalue weighted by Gasteiger charge is -2.07. The predicted molar refractivity (Wildman–Crippen MR) is 77.8 cm³/mol. The molecule has 1 aromatic heterocycles. The second-order valence-electron chi connectivity index (χ2n) is 3.88. The van der Waals surface area contributed by atoms with Gasteiger partial charge in [0.05, 0.1) is 0 Å². The van der Waals surface area contributed by atoms with Gasteiger partial charge in [-0.3, -0.25) is 0 Å². The Kier molecular flexibility index (Phi) is 5.52. The summed E-state index contributed by atoms with van der Waals surface area (Å²) in [5.41, 5.74) is 0. The van der Waals surface area contributed by atoms with Gasteiger partial charge in [0.15, 0.2) is 0 Å². The van der Waals surface area contributed by atoms with Crippen molar-refractivity contribution in [2.45, 2.75) is 6.42 Å². The van der Waals surface area contributed by atoms with E-state index in [1.807, 2.05) is 24.3 Å². The largest absolute Gasteiger partial charge is 0.492 e. The number of halogens is 1. The number of ether oxygens (including phenoxy) is 1. The van der Waals surface area contributed by atoms with E-state index in [0.29, 0.717) is 6.61 Å². The lowest BCUT2D eigenvalue weighted by atomic mass is 10.3. The molecule has 96 valence electrons. The molecule has 18 heavy (non-hydrogen) atoms. The van der Waals surface area contributed by atoms with Crippen LogP contribution in [0.2, 0.25) is 5.02 Å². The van der Waals surface area contributed by atoms with Crippen LogP contribution in [0, 0.1) is 0 Å². The molecule has 0 amide bonds. The molecular weight excluding hydrogens is 266 g/mol. The third-order valence-electron chi connectivity index (χ3n) is 2.49. The van der Waals surface area contributed by atoms with E-state index in [4.69, 9.17) is 16.3 Å². The fraction of sp³-hybridized carbons (Fsp3) is 0.286. The zero-order valence-corrected chi connectivity index (χ0v) is 11.6. The predicted octanol–water partition coefficient (Wildman–Crippen LogP) is 3.61. The third-order valence-corrected chi connectivity index (χ3v) is 3.68. The normalized spacial score (nSPS) is 10.5. The van der Waals surface area contributed by atoms with E-state index in [2.05, 4.69) is 22.8 Å². The first kappa shape index (κ1) is 13.4. The molecule has 0 unspecified atom stereocenters. The minimum Gasteiger partial charge on any atom is -0.492 e. The highest BCUT2D eigenvalue weighted by atomic mass is 35.5. The van der Waals surface area contributed by atoms with Crippen LogP contribution in [0.3, 0.4) is 0 Å². The second kappa shape index (κ2) is 7.41. The fourth-order valence-corrected chi connectivity index (χ4v) is 2.40. The molecule has 0 fully saturated rings. The summed E-state index contributed by atoms with van der Waals surface area (Å²) >= 11 is 7.60.